The molecule has 0 aliphatic carbocycles. The molecule has 0 spiro atoms. The number of nitrogens with two attached hydrogens (primary N) is 1. The summed E-state index contributed by atoms with van der Waals surface area (Å²) in [5.74, 6) is 0.297. The van der Waals surface area contributed by atoms with Crippen molar-refractivity contribution in [2.45, 2.75) is 18.6 Å². The van der Waals surface area contributed by atoms with Crippen molar-refractivity contribution in [3.05, 3.63) is 65.7 Å². The lowest BCUT2D eigenvalue weighted by Gasteiger charge is -2.17. The molecule has 5 heteroatoms. The van der Waals surface area contributed by atoms with E-state index in [-0.39, 0.29) is 12.5 Å². The van der Waals surface area contributed by atoms with Crippen LogP contribution in [0.2, 0.25) is 0 Å². The van der Waals surface area contributed by atoms with Crippen molar-refractivity contribution in [3.63, 3.8) is 0 Å². The standard InChI is InChI=1S/C18H22N2O3/c1-23-17-10-6-5-9-14(17)16(21)12-20-18(22)15(19)11-13-7-3-2-4-8-13/h2-10,15-16,21H,11-12,19H2,1H3,(H,20,22)/t15-,16?/m0/s1. The molecule has 5 nitrogen and oxygen atoms in total. The van der Waals surface area contributed by atoms with Crippen molar-refractivity contribution in [2.75, 3.05) is 13.7 Å². The zero-order valence-electron chi connectivity index (χ0n) is 13.1. The molecule has 0 heterocycles. The highest BCUT2D eigenvalue weighted by Gasteiger charge is 2.17. The number of para-hydroxylation sites is 1. The van der Waals surface area contributed by atoms with Gasteiger partial charge in [-0.2, -0.15) is 0 Å². The Morgan fingerprint density at radius 2 is 1.83 bits per heavy atom. The Labute approximate surface area is 136 Å². The molecule has 0 aliphatic rings. The Hall–Kier alpha value is -2.37. The van der Waals surface area contributed by atoms with Crippen LogP contribution in [0.4, 0.5) is 0 Å². The van der Waals surface area contributed by atoms with E-state index in [2.05, 4.69) is 5.32 Å². The Balaban J connectivity index is 1.88. The summed E-state index contributed by atoms with van der Waals surface area (Å²) in [5, 5.41) is 12.9. The molecule has 2 rings (SSSR count). The first kappa shape index (κ1) is 17.0. The fraction of sp³-hybridized carbons (Fsp3) is 0.278. The Kier molecular flexibility index (Phi) is 6.14. The molecule has 0 saturated carbocycles. The fourth-order valence-electron chi connectivity index (χ4n) is 2.34. The summed E-state index contributed by atoms with van der Waals surface area (Å²) in [7, 11) is 1.54. The average Bonchev–Trinajstić information content (AvgIpc) is 2.60. The van der Waals surface area contributed by atoms with Gasteiger partial charge >= 0.3 is 0 Å². The highest BCUT2D eigenvalue weighted by Crippen LogP contribution is 2.23. The minimum atomic E-state index is -0.848. The molecule has 4 N–H and O–H groups in total. The highest BCUT2D eigenvalue weighted by molar-refractivity contribution is 5.81. The lowest BCUT2D eigenvalue weighted by atomic mass is 10.1. The van der Waals surface area contributed by atoms with Gasteiger partial charge in [-0.15, -0.1) is 0 Å². The van der Waals surface area contributed by atoms with Crippen molar-refractivity contribution in [1.29, 1.82) is 0 Å². The van der Waals surface area contributed by atoms with Crippen molar-refractivity contribution >= 4 is 5.91 Å². The summed E-state index contributed by atoms with van der Waals surface area (Å²) in [4.78, 5) is 12.1. The van der Waals surface area contributed by atoms with Gasteiger partial charge in [0.05, 0.1) is 19.3 Å². The van der Waals surface area contributed by atoms with Crippen LogP contribution in [0.3, 0.4) is 0 Å². The van der Waals surface area contributed by atoms with Crippen LogP contribution in [0.15, 0.2) is 54.6 Å². The van der Waals surface area contributed by atoms with Gasteiger partial charge < -0.3 is 20.9 Å². The molecule has 0 bridgehead atoms. The van der Waals surface area contributed by atoms with E-state index in [0.717, 1.165) is 5.56 Å². The van der Waals surface area contributed by atoms with Gasteiger partial charge in [0.25, 0.3) is 0 Å². The van der Waals surface area contributed by atoms with Gasteiger partial charge in [-0.3, -0.25) is 4.79 Å². The van der Waals surface area contributed by atoms with E-state index < -0.39 is 12.1 Å². The number of ether oxygens (including phenoxy) is 1. The molecular weight excluding hydrogens is 292 g/mol. The van der Waals surface area contributed by atoms with Crippen LogP contribution in [0.1, 0.15) is 17.2 Å². The molecule has 0 aliphatic heterocycles. The molecule has 1 unspecified atom stereocenters. The Morgan fingerprint density at radius 3 is 2.52 bits per heavy atom. The quantitative estimate of drug-likeness (QED) is 0.721. The number of carbonyl (C=O) groups is 1. The first-order valence-corrected chi connectivity index (χ1v) is 7.50. The monoisotopic (exact) mass is 314 g/mol. The van der Waals surface area contributed by atoms with Crippen molar-refractivity contribution in [1.82, 2.24) is 5.32 Å². The first-order chi connectivity index (χ1) is 11.1. The number of aliphatic hydroxyl groups excluding tert-OH is 1. The second-order valence-corrected chi connectivity index (χ2v) is 5.30. The lowest BCUT2D eigenvalue weighted by molar-refractivity contribution is -0.122. The summed E-state index contributed by atoms with van der Waals surface area (Å²) in [6, 6.07) is 16.1. The van der Waals surface area contributed by atoms with Crippen LogP contribution in [-0.4, -0.2) is 30.7 Å². The lowest BCUT2D eigenvalue weighted by Crippen LogP contribution is -2.43. The van der Waals surface area contributed by atoms with Crippen LogP contribution < -0.4 is 15.8 Å². The topological polar surface area (TPSA) is 84.6 Å². The molecule has 2 aromatic rings. The van der Waals surface area contributed by atoms with Gasteiger partial charge in [0.15, 0.2) is 0 Å². The predicted octanol–water partition coefficient (Wildman–Crippen LogP) is 1.41. The van der Waals surface area contributed by atoms with Crippen LogP contribution in [0.5, 0.6) is 5.75 Å². The molecule has 0 saturated heterocycles. The average molecular weight is 314 g/mol. The van der Waals surface area contributed by atoms with Crippen LogP contribution >= 0.6 is 0 Å². The summed E-state index contributed by atoms with van der Waals surface area (Å²) >= 11 is 0. The van der Waals surface area contributed by atoms with E-state index in [1.807, 2.05) is 42.5 Å². The van der Waals surface area contributed by atoms with Crippen molar-refractivity contribution in [2.24, 2.45) is 5.73 Å². The summed E-state index contributed by atoms with van der Waals surface area (Å²) in [6.07, 6.45) is -0.392. The Morgan fingerprint density at radius 1 is 1.17 bits per heavy atom. The molecule has 0 radical (unpaired) electrons. The largest absolute Gasteiger partial charge is 0.496 e. The second kappa shape index (κ2) is 8.31. The Bertz CT molecular complexity index is 631. The van der Waals surface area contributed by atoms with Gasteiger partial charge in [0.2, 0.25) is 5.91 Å². The van der Waals surface area contributed by atoms with E-state index in [9.17, 15) is 9.90 Å². The molecule has 2 atom stereocenters. The molecule has 0 aromatic heterocycles. The van der Waals surface area contributed by atoms with Gasteiger partial charge in [0.1, 0.15) is 5.75 Å². The molecular formula is C18H22N2O3. The summed E-state index contributed by atoms with van der Waals surface area (Å²) in [6.45, 7) is 0.0850. The van der Waals surface area contributed by atoms with Gasteiger partial charge in [-0.05, 0) is 18.1 Å². The van der Waals surface area contributed by atoms with Crippen molar-refractivity contribution in [3.8, 4) is 5.75 Å². The van der Waals surface area contributed by atoms with Gasteiger partial charge in [0, 0.05) is 12.1 Å². The second-order valence-electron chi connectivity index (χ2n) is 5.30. The third-order valence-electron chi connectivity index (χ3n) is 3.60. The molecule has 0 fully saturated rings. The maximum Gasteiger partial charge on any atom is 0.237 e. The number of benzene rings is 2. The number of hydrogen-bond acceptors (Lipinski definition) is 4. The maximum absolute atomic E-state index is 12.1. The highest BCUT2D eigenvalue weighted by atomic mass is 16.5. The predicted molar refractivity (Wildman–Crippen MR) is 89.1 cm³/mol. The fourth-order valence-corrected chi connectivity index (χ4v) is 2.34. The number of carbonyl (C=O) groups excluding carboxylic acids is 1. The van der Waals surface area contributed by atoms with E-state index in [1.54, 1.807) is 19.2 Å². The zero-order chi connectivity index (χ0) is 16.7. The van der Waals surface area contributed by atoms with Crippen LogP contribution in [0, 0.1) is 0 Å². The van der Waals surface area contributed by atoms with E-state index in [1.165, 1.54) is 0 Å². The summed E-state index contributed by atoms with van der Waals surface area (Å²) in [5.41, 5.74) is 7.54. The number of amides is 1. The van der Waals surface area contributed by atoms with Crippen LogP contribution in [-0.2, 0) is 11.2 Å². The molecule has 2 aromatic carbocycles. The SMILES string of the molecule is COc1ccccc1C(O)CNC(=O)[C@@H](N)Cc1ccccc1. The number of hydrogen-bond donors (Lipinski definition) is 3. The van der Waals surface area contributed by atoms with Gasteiger partial charge in [-0.1, -0.05) is 48.5 Å². The van der Waals surface area contributed by atoms with E-state index in [0.29, 0.717) is 17.7 Å². The third kappa shape index (κ3) is 4.81. The molecule has 23 heavy (non-hydrogen) atoms. The molecule has 1 amide bonds. The zero-order valence-corrected chi connectivity index (χ0v) is 13.1. The van der Waals surface area contributed by atoms with E-state index >= 15 is 0 Å². The summed E-state index contributed by atoms with van der Waals surface area (Å²) < 4.78 is 5.20. The number of nitrogens with one attached hydrogen (secondary N) is 1. The number of aliphatic hydroxyl groups is 1. The first-order valence-electron chi connectivity index (χ1n) is 7.50. The maximum atomic E-state index is 12.1. The molecule has 122 valence electrons. The van der Waals surface area contributed by atoms with Crippen molar-refractivity contribution < 1.29 is 14.6 Å². The van der Waals surface area contributed by atoms with Gasteiger partial charge in [-0.25, -0.2) is 0 Å². The normalized spacial score (nSPS) is 13.2. The number of methoxy groups -OCH3 is 1. The third-order valence-corrected chi connectivity index (χ3v) is 3.60. The minimum absolute atomic E-state index is 0.0850. The minimum Gasteiger partial charge on any atom is -0.496 e. The number of rotatable bonds is 7. The van der Waals surface area contributed by atoms with E-state index in [4.69, 9.17) is 10.5 Å². The van der Waals surface area contributed by atoms with Crippen LogP contribution in [0.25, 0.3) is 0 Å². The smallest absolute Gasteiger partial charge is 0.237 e.